The number of carbonyl (C=O) groups is 3. The molecular formula is C22H24N2O5. The minimum absolute atomic E-state index is 0.0907. The van der Waals surface area contributed by atoms with E-state index in [9.17, 15) is 19.5 Å². The van der Waals surface area contributed by atoms with Gasteiger partial charge in [-0.25, -0.2) is 14.4 Å². The van der Waals surface area contributed by atoms with Crippen molar-refractivity contribution in [1.82, 2.24) is 9.80 Å². The fourth-order valence-corrected chi connectivity index (χ4v) is 3.46. The number of esters is 1. The fourth-order valence-electron chi connectivity index (χ4n) is 3.46. The summed E-state index contributed by atoms with van der Waals surface area (Å²) in [5, 5.41) is 9.89. The van der Waals surface area contributed by atoms with Crippen LogP contribution in [0.5, 0.6) is 0 Å². The predicted octanol–water partition coefficient (Wildman–Crippen LogP) is 2.90. The summed E-state index contributed by atoms with van der Waals surface area (Å²) >= 11 is 0. The molecule has 3 rings (SSSR count). The Morgan fingerprint density at radius 2 is 1.34 bits per heavy atom. The van der Waals surface area contributed by atoms with Crippen molar-refractivity contribution in [2.24, 2.45) is 0 Å². The number of ether oxygens (including phenoxy) is 1. The van der Waals surface area contributed by atoms with Gasteiger partial charge in [-0.05, 0) is 25.0 Å². The van der Waals surface area contributed by atoms with Crippen LogP contribution < -0.4 is 0 Å². The third-order valence-electron chi connectivity index (χ3n) is 4.70. The molecule has 2 aromatic carbocycles. The van der Waals surface area contributed by atoms with E-state index in [0.29, 0.717) is 0 Å². The van der Waals surface area contributed by atoms with Gasteiger partial charge in [0.1, 0.15) is 0 Å². The largest absolute Gasteiger partial charge is 0.480 e. The average molecular weight is 396 g/mol. The van der Waals surface area contributed by atoms with Gasteiger partial charge in [-0.15, -0.1) is 0 Å². The summed E-state index contributed by atoms with van der Waals surface area (Å²) in [7, 11) is 0. The number of rotatable bonds is 7. The number of carbonyl (C=O) groups excluding carboxylic acids is 2. The van der Waals surface area contributed by atoms with Gasteiger partial charge in [0.15, 0.2) is 12.1 Å². The van der Waals surface area contributed by atoms with Gasteiger partial charge in [-0.3, -0.25) is 0 Å². The van der Waals surface area contributed by atoms with Crippen LogP contribution >= 0.6 is 0 Å². The number of hydrogen-bond donors (Lipinski definition) is 1. The van der Waals surface area contributed by atoms with Crippen LogP contribution in [-0.4, -0.2) is 51.1 Å². The Morgan fingerprint density at radius 3 is 1.76 bits per heavy atom. The van der Waals surface area contributed by atoms with E-state index in [0.717, 1.165) is 11.1 Å². The normalized spacial score (nSPS) is 18.9. The lowest BCUT2D eigenvalue weighted by atomic mass is 10.1. The summed E-state index contributed by atoms with van der Waals surface area (Å²) in [6.07, 6.45) is -0.422. The minimum Gasteiger partial charge on any atom is -0.480 e. The second-order valence-electron chi connectivity index (χ2n) is 7.22. The molecule has 0 spiro atoms. The lowest BCUT2D eigenvalue weighted by Gasteiger charge is -2.24. The molecule has 0 aromatic heterocycles. The molecule has 0 bridgehead atoms. The zero-order valence-corrected chi connectivity index (χ0v) is 16.4. The van der Waals surface area contributed by atoms with Crippen LogP contribution in [0.15, 0.2) is 60.7 Å². The summed E-state index contributed by atoms with van der Waals surface area (Å²) in [5.41, 5.74) is 1.58. The van der Waals surface area contributed by atoms with Crippen molar-refractivity contribution in [1.29, 1.82) is 0 Å². The van der Waals surface area contributed by atoms with Gasteiger partial charge in [0.25, 0.3) is 0 Å². The van der Waals surface area contributed by atoms with Gasteiger partial charge in [0, 0.05) is 13.1 Å². The minimum atomic E-state index is -1.34. The molecule has 1 saturated heterocycles. The standard InChI is InChI=1S/C22H24N2O5/c1-15(2)29-21(27)19-18(20(25)26)23(13-16-9-5-3-6-10-16)22(28)24(19)14-17-11-7-4-8-12-17/h3-12,15,18-19H,13-14H2,1-2H3,(H,25,26)/t18-,19+/m1/s1. The Morgan fingerprint density at radius 1 is 0.897 bits per heavy atom. The van der Waals surface area contributed by atoms with E-state index in [1.165, 1.54) is 9.80 Å². The molecule has 0 unspecified atom stereocenters. The number of benzene rings is 2. The number of carboxylic acid groups (broad SMARTS) is 1. The lowest BCUT2D eigenvalue weighted by molar-refractivity contribution is -0.158. The summed E-state index contributed by atoms with van der Waals surface area (Å²) in [5.74, 6) is -1.96. The van der Waals surface area contributed by atoms with Crippen molar-refractivity contribution in [2.45, 2.75) is 45.1 Å². The van der Waals surface area contributed by atoms with E-state index in [4.69, 9.17) is 4.74 Å². The maximum atomic E-state index is 13.2. The first-order valence-electron chi connectivity index (χ1n) is 9.47. The average Bonchev–Trinajstić information content (AvgIpc) is 2.95. The molecule has 0 aliphatic carbocycles. The van der Waals surface area contributed by atoms with Gasteiger partial charge in [0.05, 0.1) is 6.10 Å². The molecule has 1 fully saturated rings. The van der Waals surface area contributed by atoms with Crippen molar-refractivity contribution >= 4 is 18.0 Å². The van der Waals surface area contributed by atoms with Crippen LogP contribution in [0.25, 0.3) is 0 Å². The fraction of sp³-hybridized carbons (Fsp3) is 0.318. The molecule has 0 radical (unpaired) electrons. The molecule has 0 saturated carbocycles. The zero-order valence-electron chi connectivity index (χ0n) is 16.4. The van der Waals surface area contributed by atoms with Gasteiger partial charge in [-0.2, -0.15) is 0 Å². The van der Waals surface area contributed by atoms with Crippen molar-refractivity contribution in [3.63, 3.8) is 0 Å². The summed E-state index contributed by atoms with van der Waals surface area (Å²) < 4.78 is 5.31. The highest BCUT2D eigenvalue weighted by molar-refractivity contribution is 5.96. The van der Waals surface area contributed by atoms with E-state index in [1.807, 2.05) is 60.7 Å². The third-order valence-corrected chi connectivity index (χ3v) is 4.70. The monoisotopic (exact) mass is 396 g/mol. The number of nitrogens with zero attached hydrogens (tertiary/aromatic N) is 2. The SMILES string of the molecule is CC(C)OC(=O)[C@@H]1[C@H](C(=O)O)N(Cc2ccccc2)C(=O)N1Cc1ccccc1. The molecular weight excluding hydrogens is 372 g/mol. The summed E-state index contributed by atoms with van der Waals surface area (Å²) in [4.78, 5) is 40.7. The Labute approximate surface area is 169 Å². The first-order chi connectivity index (χ1) is 13.9. The highest BCUT2D eigenvalue weighted by atomic mass is 16.5. The molecule has 2 amide bonds. The Bertz CT molecular complexity index is 869. The summed E-state index contributed by atoms with van der Waals surface area (Å²) in [6, 6.07) is 15.2. The molecule has 1 aliphatic rings. The van der Waals surface area contributed by atoms with Gasteiger partial charge in [0.2, 0.25) is 0 Å². The molecule has 29 heavy (non-hydrogen) atoms. The maximum Gasteiger partial charge on any atom is 0.331 e. The van der Waals surface area contributed by atoms with E-state index in [2.05, 4.69) is 0 Å². The number of aliphatic carboxylic acids is 1. The Hall–Kier alpha value is -3.35. The van der Waals surface area contributed by atoms with Crippen LogP contribution in [0.1, 0.15) is 25.0 Å². The highest BCUT2D eigenvalue weighted by Gasteiger charge is 2.54. The Balaban J connectivity index is 1.97. The molecule has 7 heteroatoms. The first kappa shape index (κ1) is 20.4. The van der Waals surface area contributed by atoms with Crippen molar-refractivity contribution in [3.8, 4) is 0 Å². The molecule has 2 atom stereocenters. The van der Waals surface area contributed by atoms with Crippen molar-refractivity contribution in [3.05, 3.63) is 71.8 Å². The van der Waals surface area contributed by atoms with Crippen LogP contribution in [-0.2, 0) is 27.4 Å². The van der Waals surface area contributed by atoms with Crippen LogP contribution in [0.3, 0.4) is 0 Å². The van der Waals surface area contributed by atoms with E-state index in [-0.39, 0.29) is 13.1 Å². The highest BCUT2D eigenvalue weighted by Crippen LogP contribution is 2.29. The molecule has 1 aliphatic heterocycles. The molecule has 2 aromatic rings. The van der Waals surface area contributed by atoms with E-state index >= 15 is 0 Å². The molecule has 7 nitrogen and oxygen atoms in total. The molecule has 1 heterocycles. The number of urea groups is 1. The van der Waals surface area contributed by atoms with Crippen LogP contribution in [0.2, 0.25) is 0 Å². The van der Waals surface area contributed by atoms with E-state index < -0.39 is 36.2 Å². The van der Waals surface area contributed by atoms with Crippen LogP contribution in [0.4, 0.5) is 4.79 Å². The van der Waals surface area contributed by atoms with Crippen molar-refractivity contribution in [2.75, 3.05) is 0 Å². The number of carboxylic acids is 1. The zero-order chi connectivity index (χ0) is 21.0. The topological polar surface area (TPSA) is 87.1 Å². The molecule has 152 valence electrons. The smallest absolute Gasteiger partial charge is 0.331 e. The Kier molecular flexibility index (Phi) is 6.16. The number of hydrogen-bond acceptors (Lipinski definition) is 4. The maximum absolute atomic E-state index is 13.2. The second-order valence-corrected chi connectivity index (χ2v) is 7.22. The first-order valence-corrected chi connectivity index (χ1v) is 9.47. The third kappa shape index (κ3) is 4.56. The van der Waals surface area contributed by atoms with Gasteiger partial charge in [-0.1, -0.05) is 60.7 Å². The lowest BCUT2D eigenvalue weighted by Crippen LogP contribution is -2.48. The summed E-state index contributed by atoms with van der Waals surface area (Å²) in [6.45, 7) is 3.58. The quantitative estimate of drug-likeness (QED) is 0.727. The number of amides is 2. The second kappa shape index (κ2) is 8.77. The molecule has 1 N–H and O–H groups in total. The van der Waals surface area contributed by atoms with Crippen LogP contribution in [0, 0.1) is 0 Å². The van der Waals surface area contributed by atoms with Gasteiger partial charge >= 0.3 is 18.0 Å². The predicted molar refractivity (Wildman–Crippen MR) is 106 cm³/mol. The van der Waals surface area contributed by atoms with Gasteiger partial charge < -0.3 is 19.6 Å². The van der Waals surface area contributed by atoms with E-state index in [1.54, 1.807) is 13.8 Å². The van der Waals surface area contributed by atoms with Crippen molar-refractivity contribution < 1.29 is 24.2 Å².